The first kappa shape index (κ1) is 17.8. The van der Waals surface area contributed by atoms with Crippen LogP contribution in [0.15, 0.2) is 12.3 Å². The molecule has 138 valence electrons. The Kier molecular flexibility index (Phi) is 5.60. The monoisotopic (exact) mass is 348 g/mol. The Morgan fingerprint density at radius 1 is 1.20 bits per heavy atom. The Balaban J connectivity index is 1.50. The summed E-state index contributed by atoms with van der Waals surface area (Å²) >= 11 is 0. The van der Waals surface area contributed by atoms with E-state index < -0.39 is 0 Å². The average molecular weight is 348 g/mol. The predicted octanol–water partition coefficient (Wildman–Crippen LogP) is 1.48. The third-order valence-electron chi connectivity index (χ3n) is 5.52. The summed E-state index contributed by atoms with van der Waals surface area (Å²) in [5, 5.41) is 7.46. The molecule has 0 spiro atoms. The first-order chi connectivity index (χ1) is 12.1. The third-order valence-corrected chi connectivity index (χ3v) is 5.52. The van der Waals surface area contributed by atoms with Gasteiger partial charge >= 0.3 is 5.97 Å². The van der Waals surface area contributed by atoms with Crippen LogP contribution in [0.2, 0.25) is 0 Å². The smallest absolute Gasteiger partial charge is 0.308 e. The van der Waals surface area contributed by atoms with Gasteiger partial charge in [-0.05, 0) is 38.5 Å². The number of esters is 1. The van der Waals surface area contributed by atoms with E-state index >= 15 is 0 Å². The van der Waals surface area contributed by atoms with Gasteiger partial charge in [-0.2, -0.15) is 5.10 Å². The fraction of sp³-hybridized carbons (Fsp3) is 0.722. The van der Waals surface area contributed by atoms with E-state index in [1.54, 1.807) is 6.20 Å². The molecule has 1 saturated carbocycles. The predicted molar refractivity (Wildman–Crippen MR) is 94.0 cm³/mol. The van der Waals surface area contributed by atoms with Gasteiger partial charge < -0.3 is 15.0 Å². The summed E-state index contributed by atoms with van der Waals surface area (Å²) in [6, 6.07) is 2.19. The van der Waals surface area contributed by atoms with Crippen LogP contribution in [0.5, 0.6) is 0 Å². The van der Waals surface area contributed by atoms with Crippen molar-refractivity contribution in [1.29, 1.82) is 0 Å². The van der Waals surface area contributed by atoms with Crippen LogP contribution in [0.3, 0.4) is 0 Å². The number of amides is 1. The van der Waals surface area contributed by atoms with Crippen molar-refractivity contribution < 1.29 is 14.3 Å². The first-order valence-electron chi connectivity index (χ1n) is 9.19. The average Bonchev–Trinajstić information content (AvgIpc) is 3.07. The van der Waals surface area contributed by atoms with Gasteiger partial charge in [-0.25, -0.2) is 0 Å². The minimum absolute atomic E-state index is 0.0213. The van der Waals surface area contributed by atoms with Gasteiger partial charge in [-0.15, -0.1) is 0 Å². The second-order valence-electron chi connectivity index (χ2n) is 7.18. The normalized spacial score (nSPS) is 27.0. The zero-order valence-corrected chi connectivity index (χ0v) is 15.1. The highest BCUT2D eigenvalue weighted by molar-refractivity contribution is 5.80. The molecule has 0 radical (unpaired) electrons. The Morgan fingerprint density at radius 2 is 1.92 bits per heavy atom. The summed E-state index contributed by atoms with van der Waals surface area (Å²) in [7, 11) is 3.37. The molecule has 7 nitrogen and oxygen atoms in total. The lowest BCUT2D eigenvalue weighted by Crippen LogP contribution is -2.50. The van der Waals surface area contributed by atoms with E-state index in [0.29, 0.717) is 0 Å². The number of carbonyl (C=O) groups excluding carboxylic acids is 2. The summed E-state index contributed by atoms with van der Waals surface area (Å²) in [5.74, 6) is 1.08. The molecule has 1 amide bonds. The van der Waals surface area contributed by atoms with Gasteiger partial charge in [0.05, 0.1) is 19.2 Å². The van der Waals surface area contributed by atoms with Crippen LogP contribution in [0.1, 0.15) is 38.5 Å². The summed E-state index contributed by atoms with van der Waals surface area (Å²) < 4.78 is 6.68. The van der Waals surface area contributed by atoms with Crippen LogP contribution < -0.4 is 10.2 Å². The van der Waals surface area contributed by atoms with Gasteiger partial charge in [0.25, 0.3) is 0 Å². The molecule has 25 heavy (non-hydrogen) atoms. The minimum Gasteiger partial charge on any atom is -0.469 e. The molecule has 1 aromatic heterocycles. The molecule has 2 fully saturated rings. The number of nitrogens with one attached hydrogen (secondary N) is 1. The number of hydrogen-bond donors (Lipinski definition) is 1. The number of anilines is 1. The number of nitrogens with zero attached hydrogens (tertiary/aromatic N) is 3. The van der Waals surface area contributed by atoms with Gasteiger partial charge in [0.15, 0.2) is 0 Å². The molecular formula is C18H28N4O3. The first-order valence-corrected chi connectivity index (χ1v) is 9.19. The molecule has 2 heterocycles. The molecule has 0 unspecified atom stereocenters. The van der Waals surface area contributed by atoms with Crippen LogP contribution in [0.4, 0.5) is 5.82 Å². The van der Waals surface area contributed by atoms with E-state index in [-0.39, 0.29) is 29.8 Å². The summed E-state index contributed by atoms with van der Waals surface area (Å²) in [4.78, 5) is 26.5. The molecule has 3 rings (SSSR count). The van der Waals surface area contributed by atoms with Crippen molar-refractivity contribution in [2.45, 2.75) is 44.6 Å². The Labute approximate surface area is 148 Å². The Hall–Kier alpha value is -2.05. The molecule has 0 bridgehead atoms. The van der Waals surface area contributed by atoms with Crippen LogP contribution in [-0.4, -0.2) is 47.9 Å². The fourth-order valence-electron chi connectivity index (χ4n) is 4.06. The van der Waals surface area contributed by atoms with E-state index in [1.165, 1.54) is 7.11 Å². The molecular weight excluding hydrogens is 320 g/mol. The van der Waals surface area contributed by atoms with Crippen molar-refractivity contribution in [3.8, 4) is 0 Å². The van der Waals surface area contributed by atoms with Crippen LogP contribution in [0.25, 0.3) is 0 Å². The quantitative estimate of drug-likeness (QED) is 0.834. The number of piperidine rings is 1. The number of rotatable bonds is 4. The molecule has 0 aromatic carbocycles. The zero-order chi connectivity index (χ0) is 17.8. The maximum absolute atomic E-state index is 12.6. The summed E-state index contributed by atoms with van der Waals surface area (Å²) in [6.45, 7) is 1.82. The molecule has 1 saturated heterocycles. The number of ether oxygens (including phenoxy) is 1. The second-order valence-corrected chi connectivity index (χ2v) is 7.18. The molecule has 1 aliphatic heterocycles. The van der Waals surface area contributed by atoms with Gasteiger partial charge in [0, 0.05) is 38.2 Å². The Bertz CT molecular complexity index is 607. The highest BCUT2D eigenvalue weighted by Crippen LogP contribution is 2.30. The summed E-state index contributed by atoms with van der Waals surface area (Å²) in [6.07, 6.45) is 6.90. The lowest BCUT2D eigenvalue weighted by Gasteiger charge is -2.35. The van der Waals surface area contributed by atoms with Crippen LogP contribution >= 0.6 is 0 Å². The molecule has 1 aliphatic carbocycles. The second kappa shape index (κ2) is 7.89. The van der Waals surface area contributed by atoms with Gasteiger partial charge in [-0.3, -0.25) is 14.3 Å². The molecule has 1 aromatic rings. The van der Waals surface area contributed by atoms with Gasteiger partial charge in [0.1, 0.15) is 5.82 Å². The Morgan fingerprint density at radius 3 is 2.56 bits per heavy atom. The number of aryl methyl sites for hydroxylation is 1. The lowest BCUT2D eigenvalue weighted by atomic mass is 9.81. The summed E-state index contributed by atoms with van der Waals surface area (Å²) in [5.41, 5.74) is 0. The molecule has 1 N–H and O–H groups in total. The van der Waals surface area contributed by atoms with Crippen molar-refractivity contribution in [2.75, 3.05) is 25.1 Å². The number of aromatic nitrogens is 2. The van der Waals surface area contributed by atoms with Crippen LogP contribution in [-0.2, 0) is 21.4 Å². The van der Waals surface area contributed by atoms with Crippen molar-refractivity contribution in [3.05, 3.63) is 12.3 Å². The maximum atomic E-state index is 12.6. The lowest BCUT2D eigenvalue weighted by molar-refractivity contribution is -0.147. The topological polar surface area (TPSA) is 76.5 Å². The minimum atomic E-state index is -0.141. The van der Waals surface area contributed by atoms with E-state index in [0.717, 1.165) is 57.4 Å². The van der Waals surface area contributed by atoms with Crippen molar-refractivity contribution in [2.24, 2.45) is 18.9 Å². The van der Waals surface area contributed by atoms with Crippen molar-refractivity contribution in [1.82, 2.24) is 15.1 Å². The fourth-order valence-corrected chi connectivity index (χ4v) is 4.06. The van der Waals surface area contributed by atoms with Gasteiger partial charge in [0.2, 0.25) is 5.91 Å². The number of hydrogen-bond acceptors (Lipinski definition) is 5. The van der Waals surface area contributed by atoms with Crippen molar-refractivity contribution >= 4 is 17.7 Å². The highest BCUT2D eigenvalue weighted by Gasteiger charge is 2.32. The van der Waals surface area contributed by atoms with Crippen LogP contribution in [0, 0.1) is 11.8 Å². The molecule has 1 atom stereocenters. The number of carbonyl (C=O) groups is 2. The van der Waals surface area contributed by atoms with E-state index in [9.17, 15) is 9.59 Å². The maximum Gasteiger partial charge on any atom is 0.308 e. The largest absolute Gasteiger partial charge is 0.469 e. The van der Waals surface area contributed by atoms with E-state index in [2.05, 4.69) is 15.3 Å². The SMILES string of the molecule is COC(=O)C1CCC(C(=O)N[C@H]2CCCN(c3ccnn3C)C2)CC1. The zero-order valence-electron chi connectivity index (χ0n) is 15.1. The molecule has 7 heteroatoms. The highest BCUT2D eigenvalue weighted by atomic mass is 16.5. The van der Waals surface area contributed by atoms with Crippen molar-refractivity contribution in [3.63, 3.8) is 0 Å². The number of methoxy groups -OCH3 is 1. The van der Waals surface area contributed by atoms with Gasteiger partial charge in [-0.1, -0.05) is 0 Å². The van der Waals surface area contributed by atoms with E-state index in [4.69, 9.17) is 4.74 Å². The molecule has 2 aliphatic rings. The third kappa shape index (κ3) is 4.14. The standard InChI is InChI=1S/C18H28N4O3/c1-21-16(9-10-19-21)22-11-3-4-15(12-22)20-17(23)13-5-7-14(8-6-13)18(24)25-2/h9-10,13-15H,3-8,11-12H2,1-2H3,(H,20,23)/t13?,14?,15-/m0/s1. The van der Waals surface area contributed by atoms with E-state index in [1.807, 2.05) is 17.8 Å².